The van der Waals surface area contributed by atoms with Crippen LogP contribution in [0.1, 0.15) is 43.7 Å². The van der Waals surface area contributed by atoms with E-state index in [1.54, 1.807) is 36.4 Å². The third kappa shape index (κ3) is 4.06. The minimum absolute atomic E-state index is 0.163. The lowest BCUT2D eigenvalue weighted by Crippen LogP contribution is -2.48. The fraction of sp³-hybridized carbons (Fsp3) is 0.351. The Bertz CT molecular complexity index is 1770. The van der Waals surface area contributed by atoms with Gasteiger partial charge in [0.2, 0.25) is 29.4 Å². The van der Waals surface area contributed by atoms with Gasteiger partial charge in [0.05, 0.1) is 48.8 Å². The number of rotatable bonds is 6. The number of fused-ring (bicyclic) bond motifs is 4. The van der Waals surface area contributed by atoms with Crippen molar-refractivity contribution in [1.29, 1.82) is 0 Å². The number of phenolic OH excluding ortho intramolecular Hbond substituents is 1. The third-order valence-corrected chi connectivity index (χ3v) is 10.7. The standard InChI is InChI=1S/C37H36N2O7/c1-5-20-11-13-23(14-12-20)38-33(41)25-16-15-24-26(30(25)35(38)43)19-27-34(42)39(22-9-7-6-8-10-22)36(44)37(27,2)31(24)21-17-28(45-3)32(40)29(18-21)46-4/h6-15,17-18,25-27,30-31,40H,5,16,19H2,1-4H3/t25-,26+,27-,30-,31-,37+/m0/s1. The van der Waals surface area contributed by atoms with Crippen LogP contribution in [0.3, 0.4) is 0 Å². The van der Waals surface area contributed by atoms with Crippen molar-refractivity contribution in [3.63, 3.8) is 0 Å². The zero-order valence-electron chi connectivity index (χ0n) is 26.2. The molecular formula is C37H36N2O7. The number of phenols is 1. The lowest BCUT2D eigenvalue weighted by molar-refractivity contribution is -0.131. The van der Waals surface area contributed by atoms with Crippen LogP contribution in [0.2, 0.25) is 0 Å². The summed E-state index contributed by atoms with van der Waals surface area (Å²) in [5.74, 6) is -4.18. The molecule has 3 fully saturated rings. The molecule has 46 heavy (non-hydrogen) atoms. The third-order valence-electron chi connectivity index (χ3n) is 10.7. The van der Waals surface area contributed by atoms with Crippen molar-refractivity contribution in [2.75, 3.05) is 24.0 Å². The summed E-state index contributed by atoms with van der Waals surface area (Å²) in [5, 5.41) is 10.8. The number of allylic oxidation sites excluding steroid dienone is 2. The second-order valence-corrected chi connectivity index (χ2v) is 12.8. The second-order valence-electron chi connectivity index (χ2n) is 12.8. The molecule has 0 spiro atoms. The van der Waals surface area contributed by atoms with Gasteiger partial charge in [-0.25, -0.2) is 4.90 Å². The Balaban J connectivity index is 1.38. The number of carbonyl (C=O) groups excluding carboxylic acids is 4. The van der Waals surface area contributed by atoms with Gasteiger partial charge in [-0.3, -0.25) is 24.1 Å². The second kappa shape index (κ2) is 10.9. The highest BCUT2D eigenvalue weighted by Crippen LogP contribution is 2.64. The van der Waals surface area contributed by atoms with Crippen LogP contribution in [0.25, 0.3) is 0 Å². The molecule has 6 atom stereocenters. The molecule has 0 bridgehead atoms. The van der Waals surface area contributed by atoms with Crippen molar-refractivity contribution in [3.8, 4) is 17.2 Å². The SMILES string of the molecule is CCc1ccc(N2C(=O)[C@H]3[C@H](CC=C4[C@H]3C[C@H]3C(=O)N(c5ccccc5)C(=O)[C@@]3(C)[C@H]4c3cc(OC)c(O)c(OC)c3)C2=O)cc1. The summed E-state index contributed by atoms with van der Waals surface area (Å²) in [6, 6.07) is 19.7. The van der Waals surface area contributed by atoms with Crippen molar-refractivity contribution in [3.05, 3.63) is 89.5 Å². The van der Waals surface area contributed by atoms with Gasteiger partial charge in [-0.05, 0) is 79.6 Å². The van der Waals surface area contributed by atoms with Gasteiger partial charge in [-0.15, -0.1) is 0 Å². The van der Waals surface area contributed by atoms with Gasteiger partial charge in [0.25, 0.3) is 0 Å². The predicted molar refractivity (Wildman–Crippen MR) is 171 cm³/mol. The van der Waals surface area contributed by atoms with Gasteiger partial charge in [0.15, 0.2) is 11.5 Å². The van der Waals surface area contributed by atoms with Gasteiger partial charge in [0, 0.05) is 5.92 Å². The van der Waals surface area contributed by atoms with Crippen molar-refractivity contribution in [2.45, 2.75) is 39.0 Å². The Kier molecular flexibility index (Phi) is 7.03. The van der Waals surface area contributed by atoms with Crippen LogP contribution >= 0.6 is 0 Å². The number of aromatic hydroxyl groups is 1. The molecule has 0 unspecified atom stereocenters. The number of anilines is 2. The highest BCUT2D eigenvalue weighted by molar-refractivity contribution is 6.25. The number of methoxy groups -OCH3 is 2. The number of hydrogen-bond acceptors (Lipinski definition) is 7. The van der Waals surface area contributed by atoms with Crippen LogP contribution < -0.4 is 19.3 Å². The molecule has 236 valence electrons. The molecule has 1 saturated carbocycles. The maximum atomic E-state index is 14.6. The monoisotopic (exact) mass is 620 g/mol. The summed E-state index contributed by atoms with van der Waals surface area (Å²) in [6.07, 6.45) is 3.42. The summed E-state index contributed by atoms with van der Waals surface area (Å²) in [5.41, 5.74) is 2.36. The Morgan fingerprint density at radius 2 is 1.46 bits per heavy atom. The number of benzene rings is 3. The lowest BCUT2D eigenvalue weighted by Gasteiger charge is -2.49. The molecule has 0 radical (unpaired) electrons. The molecule has 0 aromatic heterocycles. The molecule has 4 aliphatic rings. The first-order chi connectivity index (χ1) is 22.1. The number of nitrogens with zero attached hydrogens (tertiary/aromatic N) is 2. The smallest absolute Gasteiger partial charge is 0.241 e. The zero-order chi connectivity index (χ0) is 32.5. The van der Waals surface area contributed by atoms with Gasteiger partial charge in [0.1, 0.15) is 0 Å². The Labute approximate surface area is 267 Å². The fourth-order valence-electron chi connectivity index (χ4n) is 8.43. The Hall–Kier alpha value is -4.92. The van der Waals surface area contributed by atoms with Gasteiger partial charge >= 0.3 is 0 Å². The number of para-hydroxylation sites is 1. The summed E-state index contributed by atoms with van der Waals surface area (Å²) in [7, 11) is 2.87. The highest BCUT2D eigenvalue weighted by Gasteiger charge is 2.67. The van der Waals surface area contributed by atoms with E-state index < -0.39 is 35.0 Å². The topological polar surface area (TPSA) is 113 Å². The molecule has 3 aromatic carbocycles. The largest absolute Gasteiger partial charge is 0.502 e. The van der Waals surface area contributed by atoms with Crippen LogP contribution in [-0.4, -0.2) is 43.0 Å². The van der Waals surface area contributed by atoms with Crippen LogP contribution in [0.4, 0.5) is 11.4 Å². The van der Waals surface area contributed by atoms with E-state index in [-0.39, 0.29) is 47.3 Å². The van der Waals surface area contributed by atoms with E-state index >= 15 is 0 Å². The van der Waals surface area contributed by atoms with Crippen LogP contribution in [0.15, 0.2) is 78.4 Å². The molecule has 3 aromatic rings. The number of carbonyl (C=O) groups is 4. The Morgan fingerprint density at radius 1 is 0.826 bits per heavy atom. The van der Waals surface area contributed by atoms with E-state index in [0.717, 1.165) is 17.6 Å². The van der Waals surface area contributed by atoms with E-state index in [1.165, 1.54) is 24.0 Å². The lowest BCUT2D eigenvalue weighted by atomic mass is 9.51. The number of hydrogen-bond donors (Lipinski definition) is 1. The Morgan fingerprint density at radius 3 is 2.07 bits per heavy atom. The summed E-state index contributed by atoms with van der Waals surface area (Å²) >= 11 is 0. The first-order valence-corrected chi connectivity index (χ1v) is 15.7. The fourth-order valence-corrected chi connectivity index (χ4v) is 8.43. The minimum atomic E-state index is -1.23. The van der Waals surface area contributed by atoms with Crippen LogP contribution in [-0.2, 0) is 25.6 Å². The van der Waals surface area contributed by atoms with Crippen molar-refractivity contribution >= 4 is 35.0 Å². The predicted octanol–water partition coefficient (Wildman–Crippen LogP) is 5.41. The molecule has 2 aliphatic heterocycles. The van der Waals surface area contributed by atoms with Gasteiger partial charge in [-0.1, -0.05) is 48.9 Å². The van der Waals surface area contributed by atoms with Crippen molar-refractivity contribution in [2.24, 2.45) is 29.1 Å². The summed E-state index contributed by atoms with van der Waals surface area (Å²) < 4.78 is 11.0. The summed E-state index contributed by atoms with van der Waals surface area (Å²) in [6.45, 7) is 3.87. The van der Waals surface area contributed by atoms with E-state index in [9.17, 15) is 24.3 Å². The van der Waals surface area contributed by atoms with Crippen molar-refractivity contribution < 1.29 is 33.8 Å². The first kappa shape index (κ1) is 29.8. The quantitative estimate of drug-likeness (QED) is 0.290. The van der Waals surface area contributed by atoms with E-state index in [4.69, 9.17) is 9.47 Å². The molecule has 2 saturated heterocycles. The normalized spacial score (nSPS) is 28.5. The molecule has 2 heterocycles. The zero-order valence-corrected chi connectivity index (χ0v) is 26.2. The van der Waals surface area contributed by atoms with Gasteiger partial charge in [-0.2, -0.15) is 0 Å². The molecule has 9 heteroatoms. The van der Waals surface area contributed by atoms with E-state index in [1.807, 2.05) is 50.3 Å². The highest BCUT2D eigenvalue weighted by atomic mass is 16.5. The number of imide groups is 2. The molecular weight excluding hydrogens is 584 g/mol. The van der Waals surface area contributed by atoms with Gasteiger partial charge < -0.3 is 14.6 Å². The molecule has 7 rings (SSSR count). The number of amides is 4. The molecule has 4 amide bonds. The van der Waals surface area contributed by atoms with E-state index in [0.29, 0.717) is 23.4 Å². The van der Waals surface area contributed by atoms with Crippen LogP contribution in [0, 0.1) is 29.1 Å². The minimum Gasteiger partial charge on any atom is -0.502 e. The van der Waals surface area contributed by atoms with Crippen molar-refractivity contribution in [1.82, 2.24) is 0 Å². The molecule has 2 aliphatic carbocycles. The molecule has 9 nitrogen and oxygen atoms in total. The van der Waals surface area contributed by atoms with Crippen LogP contribution in [0.5, 0.6) is 17.2 Å². The molecule has 1 N–H and O–H groups in total. The average molecular weight is 621 g/mol. The van der Waals surface area contributed by atoms with E-state index in [2.05, 4.69) is 0 Å². The maximum absolute atomic E-state index is 14.6. The average Bonchev–Trinajstić information content (AvgIpc) is 3.44. The maximum Gasteiger partial charge on any atom is 0.241 e. The first-order valence-electron chi connectivity index (χ1n) is 15.7. The number of aryl methyl sites for hydroxylation is 1. The summed E-state index contributed by atoms with van der Waals surface area (Å²) in [4.78, 5) is 59.6. The number of ether oxygens (including phenoxy) is 2.